The highest BCUT2D eigenvalue weighted by Gasteiger charge is 2.11. The predicted molar refractivity (Wildman–Crippen MR) is 118 cm³/mol. The lowest BCUT2D eigenvalue weighted by Gasteiger charge is -2.12. The zero-order valence-corrected chi connectivity index (χ0v) is 17.8. The molecule has 2 rings (SSSR count). The van der Waals surface area contributed by atoms with Crippen LogP contribution in [0.5, 0.6) is 5.75 Å². The molecule has 0 unspecified atom stereocenters. The van der Waals surface area contributed by atoms with Crippen LogP contribution < -0.4 is 26.2 Å². The van der Waals surface area contributed by atoms with Gasteiger partial charge in [-0.05, 0) is 67.7 Å². The number of hydrazine groups is 1. The number of carbonyl (C=O) groups excluding carboxylic acids is 3. The largest absolute Gasteiger partial charge is 0.494 e. The summed E-state index contributed by atoms with van der Waals surface area (Å²) in [6, 6.07) is 13.0. The first-order valence-corrected chi connectivity index (χ1v) is 9.76. The second-order valence-electron chi connectivity index (χ2n) is 6.54. The Balaban J connectivity index is 1.83. The molecule has 2 aromatic rings. The molecule has 0 saturated carbocycles. The molecule has 0 aliphatic rings. The van der Waals surface area contributed by atoms with Crippen LogP contribution in [0.25, 0.3) is 0 Å². The highest BCUT2D eigenvalue weighted by atomic mass is 32.1. The first-order chi connectivity index (χ1) is 14.3. The number of ether oxygens (including phenoxy) is 1. The van der Waals surface area contributed by atoms with E-state index in [0.29, 0.717) is 29.2 Å². The van der Waals surface area contributed by atoms with Crippen molar-refractivity contribution in [3.05, 3.63) is 59.7 Å². The van der Waals surface area contributed by atoms with Crippen molar-refractivity contribution in [1.82, 2.24) is 16.2 Å². The first-order valence-electron chi connectivity index (χ1n) is 9.35. The first kappa shape index (κ1) is 22.8. The molecule has 0 aliphatic heterocycles. The standard InChI is InChI=1S/C21H24N4O4S/c1-4-29-17-11-7-14(8-12-17)19(27)23-21(30)25-24-20(28)15-5-9-16(10-6-15)22-18(26)13(2)3/h5-13H,4H2,1-3H3,(H,22,26)(H,24,28)(H2,23,25,27,30). The van der Waals surface area contributed by atoms with Crippen LogP contribution in [0.15, 0.2) is 48.5 Å². The number of carbonyl (C=O) groups is 3. The van der Waals surface area contributed by atoms with Crippen LogP contribution in [0, 0.1) is 5.92 Å². The quantitative estimate of drug-likeness (QED) is 0.416. The molecule has 2 aromatic carbocycles. The maximum atomic E-state index is 12.2. The zero-order chi connectivity index (χ0) is 22.1. The van der Waals surface area contributed by atoms with E-state index in [4.69, 9.17) is 17.0 Å². The molecule has 9 heteroatoms. The Kier molecular flexibility index (Phi) is 8.30. The highest BCUT2D eigenvalue weighted by Crippen LogP contribution is 2.12. The average molecular weight is 429 g/mol. The number of hydrogen-bond acceptors (Lipinski definition) is 5. The topological polar surface area (TPSA) is 109 Å². The fourth-order valence-electron chi connectivity index (χ4n) is 2.25. The third-order valence-corrected chi connectivity index (χ3v) is 4.09. The van der Waals surface area contributed by atoms with Crippen molar-refractivity contribution in [3.63, 3.8) is 0 Å². The van der Waals surface area contributed by atoms with E-state index in [1.165, 1.54) is 0 Å². The maximum absolute atomic E-state index is 12.2. The molecule has 0 spiro atoms. The molecule has 0 heterocycles. The van der Waals surface area contributed by atoms with Crippen LogP contribution in [0.1, 0.15) is 41.5 Å². The number of benzene rings is 2. The van der Waals surface area contributed by atoms with E-state index < -0.39 is 11.8 Å². The van der Waals surface area contributed by atoms with Crippen molar-refractivity contribution in [2.75, 3.05) is 11.9 Å². The smallest absolute Gasteiger partial charge is 0.269 e. The van der Waals surface area contributed by atoms with Crippen LogP contribution in [0.2, 0.25) is 0 Å². The summed E-state index contributed by atoms with van der Waals surface area (Å²) >= 11 is 5.03. The summed E-state index contributed by atoms with van der Waals surface area (Å²) in [5.41, 5.74) is 6.23. The van der Waals surface area contributed by atoms with Crippen LogP contribution in [0.3, 0.4) is 0 Å². The van der Waals surface area contributed by atoms with E-state index in [-0.39, 0.29) is 16.9 Å². The Morgan fingerprint density at radius 3 is 2.03 bits per heavy atom. The predicted octanol–water partition coefficient (Wildman–Crippen LogP) is 2.63. The van der Waals surface area contributed by atoms with Gasteiger partial charge in [-0.3, -0.25) is 30.6 Å². The SMILES string of the molecule is CCOc1ccc(C(=O)NC(=S)NNC(=O)c2ccc(NC(=O)C(C)C)cc2)cc1. The number of amides is 3. The Hall–Kier alpha value is -3.46. The lowest BCUT2D eigenvalue weighted by atomic mass is 10.1. The van der Waals surface area contributed by atoms with Gasteiger partial charge in [0.1, 0.15) is 5.75 Å². The van der Waals surface area contributed by atoms with Crippen molar-refractivity contribution in [2.45, 2.75) is 20.8 Å². The van der Waals surface area contributed by atoms with E-state index in [1.807, 2.05) is 6.92 Å². The van der Waals surface area contributed by atoms with Gasteiger partial charge in [0.15, 0.2) is 5.11 Å². The number of nitrogens with one attached hydrogen (secondary N) is 4. The van der Waals surface area contributed by atoms with Crippen molar-refractivity contribution in [1.29, 1.82) is 0 Å². The Bertz CT molecular complexity index is 912. The molecule has 8 nitrogen and oxygen atoms in total. The summed E-state index contributed by atoms with van der Waals surface area (Å²) in [6.45, 7) is 5.99. The van der Waals surface area contributed by atoms with Crippen LogP contribution in [0.4, 0.5) is 5.69 Å². The molecule has 0 saturated heterocycles. The number of rotatable bonds is 6. The number of anilines is 1. The van der Waals surface area contributed by atoms with Gasteiger partial charge in [-0.25, -0.2) is 0 Å². The van der Waals surface area contributed by atoms with Gasteiger partial charge in [0.2, 0.25) is 5.91 Å². The van der Waals surface area contributed by atoms with Crippen LogP contribution in [-0.4, -0.2) is 29.4 Å². The molecule has 4 N–H and O–H groups in total. The molecule has 0 aliphatic carbocycles. The van der Waals surface area contributed by atoms with E-state index in [9.17, 15) is 14.4 Å². The summed E-state index contributed by atoms with van der Waals surface area (Å²) in [5.74, 6) is -0.459. The minimum atomic E-state index is -0.450. The Morgan fingerprint density at radius 2 is 1.47 bits per heavy atom. The third kappa shape index (κ3) is 6.85. The van der Waals surface area contributed by atoms with Gasteiger partial charge < -0.3 is 10.1 Å². The van der Waals surface area contributed by atoms with Gasteiger partial charge in [-0.15, -0.1) is 0 Å². The molecule has 30 heavy (non-hydrogen) atoms. The highest BCUT2D eigenvalue weighted by molar-refractivity contribution is 7.80. The Morgan fingerprint density at radius 1 is 0.900 bits per heavy atom. The van der Waals surface area contributed by atoms with Gasteiger partial charge in [0, 0.05) is 22.7 Å². The molecule has 0 fully saturated rings. The summed E-state index contributed by atoms with van der Waals surface area (Å²) in [7, 11) is 0. The Labute approximate surface area is 180 Å². The number of thiocarbonyl (C=S) groups is 1. The van der Waals surface area contributed by atoms with E-state index in [2.05, 4.69) is 21.5 Å². The van der Waals surface area contributed by atoms with E-state index in [0.717, 1.165) is 0 Å². The third-order valence-electron chi connectivity index (χ3n) is 3.88. The van der Waals surface area contributed by atoms with Crippen molar-refractivity contribution in [2.24, 2.45) is 5.92 Å². The lowest BCUT2D eigenvalue weighted by molar-refractivity contribution is -0.118. The second kappa shape index (κ2) is 10.9. The summed E-state index contributed by atoms with van der Waals surface area (Å²) < 4.78 is 5.33. The van der Waals surface area contributed by atoms with Gasteiger partial charge in [0.25, 0.3) is 11.8 Å². The van der Waals surface area contributed by atoms with Gasteiger partial charge >= 0.3 is 0 Å². The van der Waals surface area contributed by atoms with Crippen molar-refractivity contribution < 1.29 is 19.1 Å². The van der Waals surface area contributed by atoms with Crippen LogP contribution >= 0.6 is 12.2 Å². The van der Waals surface area contributed by atoms with Crippen molar-refractivity contribution >= 4 is 40.7 Å². The minimum absolute atomic E-state index is 0.0527. The van der Waals surface area contributed by atoms with Gasteiger partial charge in [0.05, 0.1) is 6.61 Å². The molecule has 0 radical (unpaired) electrons. The van der Waals surface area contributed by atoms with E-state index >= 15 is 0 Å². The summed E-state index contributed by atoms with van der Waals surface area (Å²) in [6.07, 6.45) is 0. The molecule has 0 bridgehead atoms. The fourth-order valence-corrected chi connectivity index (χ4v) is 2.40. The fraction of sp³-hybridized carbons (Fsp3) is 0.238. The van der Waals surface area contributed by atoms with Gasteiger partial charge in [-0.1, -0.05) is 13.8 Å². The maximum Gasteiger partial charge on any atom is 0.269 e. The van der Waals surface area contributed by atoms with E-state index in [1.54, 1.807) is 62.4 Å². The molecule has 158 valence electrons. The second-order valence-corrected chi connectivity index (χ2v) is 6.95. The number of hydrogen-bond donors (Lipinski definition) is 4. The van der Waals surface area contributed by atoms with Gasteiger partial charge in [-0.2, -0.15) is 0 Å². The molecular formula is C21H24N4O4S. The molecule has 3 amide bonds. The van der Waals surface area contributed by atoms with Crippen molar-refractivity contribution in [3.8, 4) is 5.75 Å². The summed E-state index contributed by atoms with van der Waals surface area (Å²) in [5, 5.41) is 5.16. The minimum Gasteiger partial charge on any atom is -0.494 e. The zero-order valence-electron chi connectivity index (χ0n) is 16.9. The molecule has 0 atom stereocenters. The molecule has 0 aromatic heterocycles. The molecular weight excluding hydrogens is 404 g/mol. The monoisotopic (exact) mass is 428 g/mol. The lowest BCUT2D eigenvalue weighted by Crippen LogP contribution is -2.48. The summed E-state index contributed by atoms with van der Waals surface area (Å²) in [4.78, 5) is 36.1. The normalized spacial score (nSPS) is 10.1. The van der Waals surface area contributed by atoms with Crippen LogP contribution in [-0.2, 0) is 4.79 Å². The average Bonchev–Trinajstić information content (AvgIpc) is 2.73.